The summed E-state index contributed by atoms with van der Waals surface area (Å²) in [5, 5.41) is 4.27. The molecule has 2 rings (SSSR count). The molecule has 1 aromatic heterocycles. The van der Waals surface area contributed by atoms with Crippen LogP contribution in [-0.2, 0) is 13.5 Å². The Morgan fingerprint density at radius 1 is 1.44 bits per heavy atom. The van der Waals surface area contributed by atoms with Gasteiger partial charge in [0.25, 0.3) is 0 Å². The first kappa shape index (κ1) is 11.2. The van der Waals surface area contributed by atoms with Crippen molar-refractivity contribution in [2.45, 2.75) is 13.3 Å². The summed E-state index contributed by atoms with van der Waals surface area (Å²) in [6, 6.07) is 8.17. The van der Waals surface area contributed by atoms with E-state index in [0.717, 1.165) is 27.7 Å². The van der Waals surface area contributed by atoms with Gasteiger partial charge in [0, 0.05) is 22.6 Å². The van der Waals surface area contributed by atoms with Crippen molar-refractivity contribution in [3.63, 3.8) is 0 Å². The Kier molecular flexibility index (Phi) is 3.01. The molecule has 0 bridgehead atoms. The fraction of sp³-hybridized carbons (Fsp3) is 0.250. The van der Waals surface area contributed by atoms with Gasteiger partial charge in [0.1, 0.15) is 5.82 Å². The number of aryl methyl sites for hydroxylation is 1. The van der Waals surface area contributed by atoms with Gasteiger partial charge in [-0.15, -0.1) is 0 Å². The number of rotatable bonds is 2. The average molecular weight is 280 g/mol. The highest BCUT2D eigenvalue weighted by molar-refractivity contribution is 9.10. The molecule has 0 atom stereocenters. The summed E-state index contributed by atoms with van der Waals surface area (Å²) >= 11 is 3.48. The van der Waals surface area contributed by atoms with Crippen LogP contribution in [0.4, 0.5) is 5.82 Å². The van der Waals surface area contributed by atoms with E-state index in [-0.39, 0.29) is 0 Å². The Labute approximate surface area is 103 Å². The van der Waals surface area contributed by atoms with E-state index >= 15 is 0 Å². The summed E-state index contributed by atoms with van der Waals surface area (Å²) in [5.41, 5.74) is 9.23. The van der Waals surface area contributed by atoms with Crippen molar-refractivity contribution in [3.05, 3.63) is 34.3 Å². The van der Waals surface area contributed by atoms with Crippen LogP contribution < -0.4 is 5.73 Å². The topological polar surface area (TPSA) is 43.8 Å². The molecule has 0 aliphatic rings. The van der Waals surface area contributed by atoms with Crippen molar-refractivity contribution < 1.29 is 0 Å². The third-order valence-electron chi connectivity index (χ3n) is 2.63. The molecule has 2 aromatic rings. The zero-order valence-electron chi connectivity index (χ0n) is 9.37. The van der Waals surface area contributed by atoms with E-state index in [2.05, 4.69) is 40.1 Å². The largest absolute Gasteiger partial charge is 0.382 e. The smallest absolute Gasteiger partial charge is 0.149 e. The molecule has 2 N–H and O–H groups in total. The van der Waals surface area contributed by atoms with Crippen molar-refractivity contribution in [1.82, 2.24) is 9.78 Å². The lowest BCUT2D eigenvalue weighted by Crippen LogP contribution is -1.95. The summed E-state index contributed by atoms with van der Waals surface area (Å²) in [5.74, 6) is 0.625. The molecule has 84 valence electrons. The maximum Gasteiger partial charge on any atom is 0.149 e. The number of nitrogen functional groups attached to an aromatic ring is 1. The van der Waals surface area contributed by atoms with Gasteiger partial charge in [-0.05, 0) is 18.6 Å². The second kappa shape index (κ2) is 4.29. The number of hydrogen-bond acceptors (Lipinski definition) is 2. The van der Waals surface area contributed by atoms with Crippen molar-refractivity contribution in [2.75, 3.05) is 5.73 Å². The molecule has 0 fully saturated rings. The van der Waals surface area contributed by atoms with Gasteiger partial charge in [-0.1, -0.05) is 35.0 Å². The Hall–Kier alpha value is -1.29. The van der Waals surface area contributed by atoms with E-state index in [1.54, 1.807) is 0 Å². The van der Waals surface area contributed by atoms with Crippen LogP contribution in [0, 0.1) is 0 Å². The van der Waals surface area contributed by atoms with E-state index in [9.17, 15) is 0 Å². The van der Waals surface area contributed by atoms with Crippen molar-refractivity contribution >= 4 is 21.7 Å². The van der Waals surface area contributed by atoms with Crippen molar-refractivity contribution in [2.24, 2.45) is 7.05 Å². The predicted octanol–water partition coefficient (Wildman–Crippen LogP) is 2.99. The normalized spacial score (nSPS) is 10.7. The lowest BCUT2D eigenvalue weighted by Gasteiger charge is -2.05. The average Bonchev–Trinajstić information content (AvgIpc) is 2.52. The van der Waals surface area contributed by atoms with Crippen LogP contribution in [-0.4, -0.2) is 9.78 Å². The molecule has 0 amide bonds. The maximum atomic E-state index is 5.88. The summed E-state index contributed by atoms with van der Waals surface area (Å²) in [6.45, 7) is 2.09. The third kappa shape index (κ3) is 1.85. The molecule has 0 aliphatic carbocycles. The molecule has 4 heteroatoms. The second-order valence-electron chi connectivity index (χ2n) is 3.70. The molecule has 1 heterocycles. The van der Waals surface area contributed by atoms with E-state index in [1.807, 2.05) is 23.9 Å². The number of halogens is 1. The molecular weight excluding hydrogens is 266 g/mol. The monoisotopic (exact) mass is 279 g/mol. The van der Waals surface area contributed by atoms with Gasteiger partial charge in [0.05, 0.1) is 5.69 Å². The first-order valence-corrected chi connectivity index (χ1v) is 6.00. The minimum atomic E-state index is 0.625. The van der Waals surface area contributed by atoms with Gasteiger partial charge in [0.15, 0.2) is 0 Å². The number of hydrogen-bond donors (Lipinski definition) is 1. The number of anilines is 1. The minimum Gasteiger partial charge on any atom is -0.382 e. The molecule has 0 unspecified atom stereocenters. The van der Waals surface area contributed by atoms with Gasteiger partial charge >= 0.3 is 0 Å². The van der Waals surface area contributed by atoms with Crippen LogP contribution in [0.15, 0.2) is 28.7 Å². The zero-order valence-corrected chi connectivity index (χ0v) is 11.0. The molecular formula is C12H14BrN3. The molecule has 0 radical (unpaired) electrons. The molecule has 0 saturated carbocycles. The molecule has 0 spiro atoms. The zero-order chi connectivity index (χ0) is 11.7. The van der Waals surface area contributed by atoms with Crippen LogP contribution in [0.1, 0.15) is 12.5 Å². The van der Waals surface area contributed by atoms with E-state index < -0.39 is 0 Å². The lowest BCUT2D eigenvalue weighted by atomic mass is 10.1. The lowest BCUT2D eigenvalue weighted by molar-refractivity contribution is 0.779. The second-order valence-corrected chi connectivity index (χ2v) is 4.62. The van der Waals surface area contributed by atoms with E-state index in [4.69, 9.17) is 5.73 Å². The van der Waals surface area contributed by atoms with Gasteiger partial charge in [-0.2, -0.15) is 5.10 Å². The number of nitrogens with zero attached hydrogens (tertiary/aromatic N) is 2. The minimum absolute atomic E-state index is 0.625. The SMILES string of the molecule is CCc1c(N)nn(C)c1-c1cccc(Br)c1. The van der Waals surface area contributed by atoms with Gasteiger partial charge in [-0.25, -0.2) is 0 Å². The van der Waals surface area contributed by atoms with Crippen LogP contribution in [0.3, 0.4) is 0 Å². The fourth-order valence-electron chi connectivity index (χ4n) is 1.93. The molecule has 16 heavy (non-hydrogen) atoms. The molecule has 1 aromatic carbocycles. The highest BCUT2D eigenvalue weighted by Crippen LogP contribution is 2.29. The summed E-state index contributed by atoms with van der Waals surface area (Å²) in [7, 11) is 1.92. The number of benzene rings is 1. The molecule has 0 saturated heterocycles. The number of nitrogens with two attached hydrogens (primary N) is 1. The van der Waals surface area contributed by atoms with Gasteiger partial charge in [-0.3, -0.25) is 4.68 Å². The Morgan fingerprint density at radius 2 is 2.19 bits per heavy atom. The van der Waals surface area contributed by atoms with Crippen LogP contribution in [0.2, 0.25) is 0 Å². The highest BCUT2D eigenvalue weighted by atomic mass is 79.9. The Balaban J connectivity index is 2.63. The summed E-state index contributed by atoms with van der Waals surface area (Å²) in [4.78, 5) is 0. The summed E-state index contributed by atoms with van der Waals surface area (Å²) in [6.07, 6.45) is 0.890. The third-order valence-corrected chi connectivity index (χ3v) is 3.12. The van der Waals surface area contributed by atoms with E-state index in [0.29, 0.717) is 5.82 Å². The Bertz CT molecular complexity index is 517. The molecule has 3 nitrogen and oxygen atoms in total. The van der Waals surface area contributed by atoms with Crippen LogP contribution >= 0.6 is 15.9 Å². The summed E-state index contributed by atoms with van der Waals surface area (Å²) < 4.78 is 2.91. The first-order valence-electron chi connectivity index (χ1n) is 5.20. The number of aromatic nitrogens is 2. The van der Waals surface area contributed by atoms with Crippen LogP contribution in [0.25, 0.3) is 11.3 Å². The standard InChI is InChI=1S/C12H14BrN3/c1-3-10-11(16(2)15-12(10)14)8-5-4-6-9(13)7-8/h4-7H,3H2,1-2H3,(H2,14,15). The first-order chi connectivity index (χ1) is 7.63. The van der Waals surface area contributed by atoms with Gasteiger partial charge < -0.3 is 5.73 Å². The van der Waals surface area contributed by atoms with Crippen LogP contribution in [0.5, 0.6) is 0 Å². The van der Waals surface area contributed by atoms with E-state index in [1.165, 1.54) is 0 Å². The highest BCUT2D eigenvalue weighted by Gasteiger charge is 2.13. The fourth-order valence-corrected chi connectivity index (χ4v) is 2.33. The van der Waals surface area contributed by atoms with Gasteiger partial charge in [0.2, 0.25) is 0 Å². The predicted molar refractivity (Wildman–Crippen MR) is 70.1 cm³/mol. The van der Waals surface area contributed by atoms with Crippen molar-refractivity contribution in [1.29, 1.82) is 0 Å². The van der Waals surface area contributed by atoms with Crippen molar-refractivity contribution in [3.8, 4) is 11.3 Å². The molecule has 0 aliphatic heterocycles. The maximum absolute atomic E-state index is 5.88. The quantitative estimate of drug-likeness (QED) is 0.919. The Morgan fingerprint density at radius 3 is 2.81 bits per heavy atom.